The molecule has 0 saturated heterocycles. The third kappa shape index (κ3) is 5.85. The largest absolute Gasteiger partial charge is 0.493 e. The van der Waals surface area contributed by atoms with E-state index in [9.17, 15) is 14.4 Å². The Hall–Kier alpha value is -3.33. The average Bonchev–Trinajstić information content (AvgIpc) is 3.08. The summed E-state index contributed by atoms with van der Waals surface area (Å²) in [4.78, 5) is 37.4. The van der Waals surface area contributed by atoms with E-state index in [1.165, 1.54) is 20.3 Å². The molecule has 0 aliphatic carbocycles. The van der Waals surface area contributed by atoms with E-state index in [0.717, 1.165) is 11.3 Å². The van der Waals surface area contributed by atoms with Crippen molar-refractivity contribution in [2.45, 2.75) is 20.8 Å². The Morgan fingerprint density at radius 1 is 1.00 bits per heavy atom. The fourth-order valence-corrected chi connectivity index (χ4v) is 3.82. The summed E-state index contributed by atoms with van der Waals surface area (Å²) < 4.78 is 20.6. The van der Waals surface area contributed by atoms with E-state index >= 15 is 0 Å². The highest BCUT2D eigenvalue weighted by Gasteiger charge is 2.27. The van der Waals surface area contributed by atoms with Gasteiger partial charge in [-0.2, -0.15) is 0 Å². The molecule has 8 nitrogen and oxygen atoms in total. The summed E-state index contributed by atoms with van der Waals surface area (Å²) in [6, 6.07) is 5.22. The first-order valence-electron chi connectivity index (χ1n) is 9.54. The van der Waals surface area contributed by atoms with Crippen LogP contribution >= 0.6 is 11.3 Å². The number of amides is 1. The molecule has 0 aliphatic rings. The van der Waals surface area contributed by atoms with Crippen LogP contribution in [0.25, 0.3) is 6.08 Å². The maximum absolute atomic E-state index is 12.5. The van der Waals surface area contributed by atoms with Gasteiger partial charge in [0.05, 0.1) is 33.0 Å². The van der Waals surface area contributed by atoms with Crippen molar-refractivity contribution in [3.05, 3.63) is 45.8 Å². The van der Waals surface area contributed by atoms with Gasteiger partial charge in [0.25, 0.3) is 0 Å². The van der Waals surface area contributed by atoms with Crippen LogP contribution in [0, 0.1) is 6.92 Å². The molecule has 1 N–H and O–H groups in total. The van der Waals surface area contributed by atoms with E-state index in [2.05, 4.69) is 5.32 Å². The second kappa shape index (κ2) is 11.2. The zero-order chi connectivity index (χ0) is 23.0. The summed E-state index contributed by atoms with van der Waals surface area (Å²) >= 11 is 0.972. The summed E-state index contributed by atoms with van der Waals surface area (Å²) in [7, 11) is 3.06. The normalized spacial score (nSPS) is 10.6. The van der Waals surface area contributed by atoms with E-state index in [0.29, 0.717) is 22.6 Å². The van der Waals surface area contributed by atoms with Crippen molar-refractivity contribution in [1.82, 2.24) is 0 Å². The van der Waals surface area contributed by atoms with Crippen molar-refractivity contribution in [3.63, 3.8) is 0 Å². The van der Waals surface area contributed by atoms with E-state index < -0.39 is 17.8 Å². The first-order valence-corrected chi connectivity index (χ1v) is 10.4. The number of anilines is 1. The van der Waals surface area contributed by atoms with Crippen molar-refractivity contribution in [2.24, 2.45) is 0 Å². The van der Waals surface area contributed by atoms with Gasteiger partial charge in [0.1, 0.15) is 9.88 Å². The fourth-order valence-electron chi connectivity index (χ4n) is 2.72. The number of hydrogen-bond acceptors (Lipinski definition) is 8. The Kier molecular flexibility index (Phi) is 8.63. The van der Waals surface area contributed by atoms with Gasteiger partial charge in [-0.15, -0.1) is 11.3 Å². The highest BCUT2D eigenvalue weighted by atomic mass is 32.1. The molecular weight excluding hydrogens is 422 g/mol. The third-order valence-corrected chi connectivity index (χ3v) is 5.35. The molecule has 0 radical (unpaired) electrons. The van der Waals surface area contributed by atoms with Crippen LogP contribution in [0.1, 0.15) is 45.0 Å². The van der Waals surface area contributed by atoms with Crippen LogP contribution in [0.15, 0.2) is 24.3 Å². The molecule has 1 aromatic carbocycles. The van der Waals surface area contributed by atoms with Gasteiger partial charge in [-0.05, 0) is 50.1 Å². The summed E-state index contributed by atoms with van der Waals surface area (Å²) in [6.45, 7) is 5.34. The second-order valence-electron chi connectivity index (χ2n) is 6.14. The van der Waals surface area contributed by atoms with Gasteiger partial charge in [-0.25, -0.2) is 9.59 Å². The summed E-state index contributed by atoms with van der Waals surface area (Å²) in [5, 5.41) is 2.88. The molecule has 2 rings (SSSR count). The number of rotatable bonds is 9. The number of ether oxygens (including phenoxy) is 4. The standard InChI is InChI=1S/C22H25NO7S/c1-6-29-21(25)18-13(3)19(22(26)30-7-2)31-20(18)23-17(24)11-9-14-8-10-15(27-4)16(12-14)28-5/h8-12H,6-7H2,1-5H3,(H,23,24)/b11-9+. The van der Waals surface area contributed by atoms with Crippen LogP contribution < -0.4 is 14.8 Å². The van der Waals surface area contributed by atoms with E-state index in [1.807, 2.05) is 0 Å². The quantitative estimate of drug-likeness (QED) is 0.457. The molecule has 1 heterocycles. The number of methoxy groups -OCH3 is 2. The molecule has 0 spiro atoms. The number of esters is 2. The smallest absolute Gasteiger partial charge is 0.348 e. The molecule has 0 saturated carbocycles. The molecule has 9 heteroatoms. The van der Waals surface area contributed by atoms with E-state index in [-0.39, 0.29) is 28.7 Å². The highest BCUT2D eigenvalue weighted by molar-refractivity contribution is 7.18. The van der Waals surface area contributed by atoms with Gasteiger partial charge in [0, 0.05) is 6.08 Å². The predicted molar refractivity (Wildman–Crippen MR) is 118 cm³/mol. The molecule has 0 unspecified atom stereocenters. The number of carbonyl (C=O) groups excluding carboxylic acids is 3. The molecule has 0 bridgehead atoms. The minimum Gasteiger partial charge on any atom is -0.493 e. The predicted octanol–water partition coefficient (Wildman–Crippen LogP) is 4.08. The molecular formula is C22H25NO7S. The van der Waals surface area contributed by atoms with Crippen molar-refractivity contribution in [1.29, 1.82) is 0 Å². The molecule has 1 aromatic heterocycles. The van der Waals surface area contributed by atoms with Gasteiger partial charge >= 0.3 is 11.9 Å². The summed E-state index contributed by atoms with van der Waals surface area (Å²) in [6.07, 6.45) is 2.91. The third-order valence-electron chi connectivity index (χ3n) is 4.16. The van der Waals surface area contributed by atoms with E-state index in [1.54, 1.807) is 45.0 Å². The van der Waals surface area contributed by atoms with Gasteiger partial charge in [-0.1, -0.05) is 6.07 Å². The van der Waals surface area contributed by atoms with Crippen molar-refractivity contribution < 1.29 is 33.3 Å². The number of carbonyl (C=O) groups is 3. The van der Waals surface area contributed by atoms with Crippen LogP contribution in [0.5, 0.6) is 11.5 Å². The minimum atomic E-state index is -0.619. The number of benzene rings is 1. The first kappa shape index (κ1) is 23.9. The maximum atomic E-state index is 12.5. The fraction of sp³-hybridized carbons (Fsp3) is 0.318. The highest BCUT2D eigenvalue weighted by Crippen LogP contribution is 2.34. The van der Waals surface area contributed by atoms with Crippen molar-refractivity contribution in [3.8, 4) is 11.5 Å². The SMILES string of the molecule is CCOC(=O)c1sc(NC(=O)/C=C/c2ccc(OC)c(OC)c2)c(C(=O)OCC)c1C. The van der Waals surface area contributed by atoms with Crippen LogP contribution in [-0.2, 0) is 14.3 Å². The Labute approximate surface area is 184 Å². The first-order chi connectivity index (χ1) is 14.9. The lowest BCUT2D eigenvalue weighted by Crippen LogP contribution is -2.13. The van der Waals surface area contributed by atoms with Crippen LogP contribution in [-0.4, -0.2) is 45.3 Å². The Morgan fingerprint density at radius 2 is 1.65 bits per heavy atom. The molecule has 0 fully saturated rings. The topological polar surface area (TPSA) is 100 Å². The monoisotopic (exact) mass is 447 g/mol. The van der Waals surface area contributed by atoms with Crippen LogP contribution in [0.4, 0.5) is 5.00 Å². The average molecular weight is 448 g/mol. The number of nitrogens with one attached hydrogen (secondary N) is 1. The van der Waals surface area contributed by atoms with Gasteiger partial charge in [-0.3, -0.25) is 4.79 Å². The van der Waals surface area contributed by atoms with Gasteiger partial charge in [0.15, 0.2) is 11.5 Å². The second-order valence-corrected chi connectivity index (χ2v) is 7.16. The molecule has 0 aliphatic heterocycles. The maximum Gasteiger partial charge on any atom is 0.348 e. The van der Waals surface area contributed by atoms with Crippen LogP contribution in [0.3, 0.4) is 0 Å². The summed E-state index contributed by atoms with van der Waals surface area (Å²) in [5.74, 6) is -0.550. The van der Waals surface area contributed by atoms with Crippen LogP contribution in [0.2, 0.25) is 0 Å². The van der Waals surface area contributed by atoms with Gasteiger partial charge in [0.2, 0.25) is 5.91 Å². The molecule has 31 heavy (non-hydrogen) atoms. The lowest BCUT2D eigenvalue weighted by Gasteiger charge is -2.07. The Morgan fingerprint density at radius 3 is 2.26 bits per heavy atom. The summed E-state index contributed by atoms with van der Waals surface area (Å²) in [5.41, 5.74) is 1.26. The van der Waals surface area contributed by atoms with Crippen molar-refractivity contribution >= 4 is 40.3 Å². The Bertz CT molecular complexity index is 994. The van der Waals surface area contributed by atoms with Gasteiger partial charge < -0.3 is 24.3 Å². The molecule has 0 atom stereocenters. The zero-order valence-corrected chi connectivity index (χ0v) is 18.9. The Balaban J connectivity index is 2.28. The molecule has 2 aromatic rings. The lowest BCUT2D eigenvalue weighted by molar-refractivity contribution is -0.111. The minimum absolute atomic E-state index is 0.141. The zero-order valence-electron chi connectivity index (χ0n) is 18.1. The molecule has 166 valence electrons. The van der Waals surface area contributed by atoms with Crippen molar-refractivity contribution in [2.75, 3.05) is 32.8 Å². The number of thiophene rings is 1. The number of hydrogen-bond donors (Lipinski definition) is 1. The lowest BCUT2D eigenvalue weighted by atomic mass is 10.1. The molecule has 1 amide bonds. The van der Waals surface area contributed by atoms with E-state index in [4.69, 9.17) is 18.9 Å².